The zero-order chi connectivity index (χ0) is 15.8. The maximum absolute atomic E-state index is 12.9. The Labute approximate surface area is 128 Å². The molecule has 1 amide bonds. The summed E-state index contributed by atoms with van der Waals surface area (Å²) in [5, 5.41) is 0. The fourth-order valence-corrected chi connectivity index (χ4v) is 3.22. The zero-order valence-corrected chi connectivity index (χ0v) is 14.2. The molecule has 3 nitrogen and oxygen atoms in total. The summed E-state index contributed by atoms with van der Waals surface area (Å²) in [6, 6.07) is 8.35. The molecule has 0 radical (unpaired) electrons. The van der Waals surface area contributed by atoms with Crippen molar-refractivity contribution < 1.29 is 4.79 Å². The third kappa shape index (κ3) is 3.29. The summed E-state index contributed by atoms with van der Waals surface area (Å²) in [7, 11) is 0. The number of nitrogens with zero attached hydrogens (tertiary/aromatic N) is 2. The highest BCUT2D eigenvalue weighted by atomic mass is 16.2. The first-order chi connectivity index (χ1) is 9.71. The highest BCUT2D eigenvalue weighted by molar-refractivity contribution is 5.96. The highest BCUT2D eigenvalue weighted by Gasteiger charge is 2.37. The van der Waals surface area contributed by atoms with Crippen molar-refractivity contribution in [2.75, 3.05) is 13.1 Å². The molecule has 1 saturated heterocycles. The standard InChI is InChI=1S/C18H28N2O/c1-13-9-7-8-10-16(13)17(21)20-14(2)11-19(12-15(20)3)18(4,5)6/h7-10,14-15H,11-12H2,1-6H3. The van der Waals surface area contributed by atoms with Crippen molar-refractivity contribution in [1.29, 1.82) is 0 Å². The van der Waals surface area contributed by atoms with Crippen LogP contribution in [0.25, 0.3) is 0 Å². The van der Waals surface area contributed by atoms with Gasteiger partial charge >= 0.3 is 0 Å². The fourth-order valence-electron chi connectivity index (χ4n) is 3.22. The van der Waals surface area contributed by atoms with E-state index in [1.54, 1.807) is 0 Å². The van der Waals surface area contributed by atoms with E-state index >= 15 is 0 Å². The van der Waals surface area contributed by atoms with Gasteiger partial charge in [0.2, 0.25) is 0 Å². The minimum Gasteiger partial charge on any atom is -0.331 e. The third-order valence-electron chi connectivity index (χ3n) is 4.48. The number of piperazine rings is 1. The van der Waals surface area contributed by atoms with Gasteiger partial charge in [0, 0.05) is 36.3 Å². The summed E-state index contributed by atoms with van der Waals surface area (Å²) >= 11 is 0. The van der Waals surface area contributed by atoms with Crippen LogP contribution in [0.2, 0.25) is 0 Å². The van der Waals surface area contributed by atoms with Gasteiger partial charge in [0.05, 0.1) is 0 Å². The highest BCUT2D eigenvalue weighted by Crippen LogP contribution is 2.25. The summed E-state index contributed by atoms with van der Waals surface area (Å²) in [5.41, 5.74) is 2.04. The molecule has 0 aliphatic carbocycles. The smallest absolute Gasteiger partial charge is 0.254 e. The molecule has 1 aliphatic heterocycles. The zero-order valence-electron chi connectivity index (χ0n) is 14.2. The average molecular weight is 288 g/mol. The van der Waals surface area contributed by atoms with Crippen LogP contribution in [0.1, 0.15) is 50.5 Å². The molecule has 0 bridgehead atoms. The number of carbonyl (C=O) groups is 1. The van der Waals surface area contributed by atoms with Crippen molar-refractivity contribution in [1.82, 2.24) is 9.80 Å². The molecule has 116 valence electrons. The number of amides is 1. The largest absolute Gasteiger partial charge is 0.331 e. The Kier molecular flexibility index (Phi) is 4.43. The van der Waals surface area contributed by atoms with Crippen LogP contribution in [0.15, 0.2) is 24.3 Å². The van der Waals surface area contributed by atoms with Gasteiger partial charge in [0.15, 0.2) is 0 Å². The Hall–Kier alpha value is -1.35. The maximum Gasteiger partial charge on any atom is 0.254 e. The van der Waals surface area contributed by atoms with E-state index in [-0.39, 0.29) is 23.5 Å². The van der Waals surface area contributed by atoms with Crippen LogP contribution in [0, 0.1) is 6.92 Å². The van der Waals surface area contributed by atoms with Crippen molar-refractivity contribution in [3.63, 3.8) is 0 Å². The van der Waals surface area contributed by atoms with Crippen LogP contribution in [0.4, 0.5) is 0 Å². The van der Waals surface area contributed by atoms with Gasteiger partial charge in [-0.1, -0.05) is 18.2 Å². The lowest BCUT2D eigenvalue weighted by molar-refractivity contribution is 0.0000191. The van der Waals surface area contributed by atoms with E-state index in [9.17, 15) is 4.79 Å². The van der Waals surface area contributed by atoms with Crippen molar-refractivity contribution in [3.05, 3.63) is 35.4 Å². The number of hydrogen-bond donors (Lipinski definition) is 0. The van der Waals surface area contributed by atoms with Gasteiger partial charge in [0.25, 0.3) is 5.91 Å². The first kappa shape index (κ1) is 16.0. The predicted octanol–water partition coefficient (Wildman–Crippen LogP) is 3.33. The Morgan fingerprint density at radius 3 is 2.10 bits per heavy atom. The Bertz CT molecular complexity index is 506. The molecule has 2 atom stereocenters. The van der Waals surface area contributed by atoms with E-state index in [0.717, 1.165) is 24.2 Å². The van der Waals surface area contributed by atoms with Gasteiger partial charge < -0.3 is 4.90 Å². The van der Waals surface area contributed by atoms with Gasteiger partial charge in [-0.3, -0.25) is 9.69 Å². The quantitative estimate of drug-likeness (QED) is 0.791. The average Bonchev–Trinajstić information content (AvgIpc) is 2.37. The SMILES string of the molecule is Cc1ccccc1C(=O)N1C(C)CN(C(C)(C)C)CC1C. The summed E-state index contributed by atoms with van der Waals surface area (Å²) in [4.78, 5) is 17.4. The van der Waals surface area contributed by atoms with E-state index < -0.39 is 0 Å². The third-order valence-corrected chi connectivity index (χ3v) is 4.48. The molecule has 0 aromatic heterocycles. The summed E-state index contributed by atoms with van der Waals surface area (Å²) in [6.45, 7) is 14.9. The Balaban J connectivity index is 2.22. The molecule has 2 unspecified atom stereocenters. The van der Waals surface area contributed by atoms with Gasteiger partial charge in [-0.2, -0.15) is 0 Å². The number of rotatable bonds is 1. The fraction of sp³-hybridized carbons (Fsp3) is 0.611. The van der Waals surface area contributed by atoms with E-state index in [1.165, 1.54) is 0 Å². The molecule has 2 rings (SSSR count). The number of hydrogen-bond acceptors (Lipinski definition) is 2. The van der Waals surface area contributed by atoms with Crippen molar-refractivity contribution >= 4 is 5.91 Å². The molecule has 1 fully saturated rings. The topological polar surface area (TPSA) is 23.6 Å². The van der Waals surface area contributed by atoms with Crippen LogP contribution < -0.4 is 0 Å². The van der Waals surface area contributed by atoms with Crippen LogP contribution >= 0.6 is 0 Å². The lowest BCUT2D eigenvalue weighted by atomic mass is 9.98. The Morgan fingerprint density at radius 1 is 1.10 bits per heavy atom. The first-order valence-electron chi connectivity index (χ1n) is 7.85. The Morgan fingerprint density at radius 2 is 1.62 bits per heavy atom. The first-order valence-corrected chi connectivity index (χ1v) is 7.85. The molecule has 21 heavy (non-hydrogen) atoms. The molecule has 1 heterocycles. The number of carbonyl (C=O) groups excluding carboxylic acids is 1. The van der Waals surface area contributed by atoms with E-state index in [4.69, 9.17) is 0 Å². The molecule has 1 aromatic carbocycles. The normalized spacial score (nSPS) is 24.2. The van der Waals surface area contributed by atoms with Gasteiger partial charge in [-0.05, 0) is 53.2 Å². The second-order valence-corrected chi connectivity index (χ2v) is 7.30. The second-order valence-electron chi connectivity index (χ2n) is 7.30. The summed E-state index contributed by atoms with van der Waals surface area (Å²) in [5.74, 6) is 0.168. The molecule has 0 saturated carbocycles. The van der Waals surface area contributed by atoms with Crippen molar-refractivity contribution in [2.45, 2.75) is 59.2 Å². The van der Waals surface area contributed by atoms with E-state index in [0.29, 0.717) is 0 Å². The molecule has 3 heteroatoms. The van der Waals surface area contributed by atoms with Crippen molar-refractivity contribution in [3.8, 4) is 0 Å². The second kappa shape index (κ2) is 5.80. The lowest BCUT2D eigenvalue weighted by Crippen LogP contribution is -2.62. The van der Waals surface area contributed by atoms with Gasteiger partial charge in [0.1, 0.15) is 0 Å². The molecule has 0 N–H and O–H groups in total. The van der Waals surface area contributed by atoms with Crippen molar-refractivity contribution in [2.24, 2.45) is 0 Å². The number of aryl methyl sites for hydroxylation is 1. The lowest BCUT2D eigenvalue weighted by Gasteiger charge is -2.49. The van der Waals surface area contributed by atoms with Gasteiger partial charge in [-0.25, -0.2) is 0 Å². The van der Waals surface area contributed by atoms with Crippen LogP contribution in [0.3, 0.4) is 0 Å². The van der Waals surface area contributed by atoms with E-state index in [2.05, 4.69) is 44.4 Å². The minimum absolute atomic E-state index is 0.153. The molecular weight excluding hydrogens is 260 g/mol. The predicted molar refractivity (Wildman–Crippen MR) is 87.6 cm³/mol. The maximum atomic E-state index is 12.9. The van der Waals surface area contributed by atoms with E-state index in [1.807, 2.05) is 31.2 Å². The van der Waals surface area contributed by atoms with Gasteiger partial charge in [-0.15, -0.1) is 0 Å². The van der Waals surface area contributed by atoms with Crippen LogP contribution in [-0.2, 0) is 0 Å². The number of benzene rings is 1. The summed E-state index contributed by atoms with van der Waals surface area (Å²) in [6.07, 6.45) is 0. The molecule has 1 aliphatic rings. The summed E-state index contributed by atoms with van der Waals surface area (Å²) < 4.78 is 0. The monoisotopic (exact) mass is 288 g/mol. The minimum atomic E-state index is 0.153. The van der Waals surface area contributed by atoms with Crippen LogP contribution in [0.5, 0.6) is 0 Å². The molecular formula is C18H28N2O. The molecule has 0 spiro atoms. The van der Waals surface area contributed by atoms with Crippen LogP contribution in [-0.4, -0.2) is 46.4 Å². The molecule has 1 aromatic rings.